The van der Waals surface area contributed by atoms with Crippen molar-refractivity contribution in [3.63, 3.8) is 0 Å². The molecule has 0 aliphatic rings. The molecule has 22 heavy (non-hydrogen) atoms. The van der Waals surface area contributed by atoms with Crippen LogP contribution in [0, 0.1) is 5.92 Å². The molecule has 9 heteroatoms. The van der Waals surface area contributed by atoms with Crippen molar-refractivity contribution in [1.82, 2.24) is 4.90 Å². The molecule has 0 aromatic rings. The van der Waals surface area contributed by atoms with E-state index in [-0.39, 0.29) is 0 Å². The molecule has 0 heterocycles. The minimum absolute atomic E-state index is 0.407. The van der Waals surface area contributed by atoms with Gasteiger partial charge in [-0.2, -0.15) is 0 Å². The maximum absolute atomic E-state index is 12.9. The molecule has 0 saturated heterocycles. The normalized spacial score (nSPS) is 15.0. The Morgan fingerprint density at radius 1 is 1.23 bits per heavy atom. The largest absolute Gasteiger partial charge is 0.497 e. The van der Waals surface area contributed by atoms with E-state index in [4.69, 9.17) is 4.74 Å². The Kier molecular flexibility index (Phi) is 7.24. The van der Waals surface area contributed by atoms with E-state index in [1.54, 1.807) is 13.8 Å². The van der Waals surface area contributed by atoms with E-state index in [2.05, 4.69) is 4.74 Å². The van der Waals surface area contributed by atoms with Crippen molar-refractivity contribution in [3.8, 4) is 0 Å². The van der Waals surface area contributed by atoms with E-state index in [1.807, 2.05) is 0 Å². The van der Waals surface area contributed by atoms with Crippen molar-refractivity contribution in [1.29, 1.82) is 0 Å². The molecule has 0 aromatic heterocycles. The van der Waals surface area contributed by atoms with E-state index in [0.29, 0.717) is 11.3 Å². The SMILES string of the molecule is CC[C@H](C)[C@@H](C(=O)OC)N(C[B-](F)(F)F)C(=O)OC(C)(C)C. The van der Waals surface area contributed by atoms with Crippen molar-refractivity contribution < 1.29 is 32.0 Å². The van der Waals surface area contributed by atoms with Gasteiger partial charge in [0.15, 0.2) is 0 Å². The van der Waals surface area contributed by atoms with Crippen molar-refractivity contribution in [3.05, 3.63) is 0 Å². The third-order valence-electron chi connectivity index (χ3n) is 2.99. The van der Waals surface area contributed by atoms with Gasteiger partial charge in [0.2, 0.25) is 0 Å². The summed E-state index contributed by atoms with van der Waals surface area (Å²) in [5, 5.41) is 0. The lowest BCUT2D eigenvalue weighted by atomic mass is 9.88. The first kappa shape index (κ1) is 20.6. The summed E-state index contributed by atoms with van der Waals surface area (Å²) in [6.07, 6.45) is -2.29. The van der Waals surface area contributed by atoms with E-state index < -0.39 is 43.0 Å². The zero-order chi connectivity index (χ0) is 17.7. The number of hydrogen-bond donors (Lipinski definition) is 0. The van der Waals surface area contributed by atoms with Gasteiger partial charge < -0.3 is 27.3 Å². The first-order valence-electron chi connectivity index (χ1n) is 7.10. The first-order chi connectivity index (χ1) is 9.82. The second kappa shape index (κ2) is 7.74. The van der Waals surface area contributed by atoms with Gasteiger partial charge in [-0.3, -0.25) is 0 Å². The fourth-order valence-electron chi connectivity index (χ4n) is 1.86. The molecule has 0 saturated carbocycles. The van der Waals surface area contributed by atoms with Crippen LogP contribution in [0.5, 0.6) is 0 Å². The average molecular weight is 326 g/mol. The quantitative estimate of drug-likeness (QED) is 0.556. The van der Waals surface area contributed by atoms with Crippen molar-refractivity contribution >= 4 is 19.0 Å². The number of nitrogens with zero attached hydrogens (tertiary/aromatic N) is 1. The predicted molar refractivity (Wildman–Crippen MR) is 77.3 cm³/mol. The minimum atomic E-state index is -5.32. The second-order valence-electron chi connectivity index (χ2n) is 6.20. The fraction of sp³-hybridized carbons (Fsp3) is 0.846. The highest BCUT2D eigenvalue weighted by Crippen LogP contribution is 2.23. The molecular weight excluding hydrogens is 302 g/mol. The van der Waals surface area contributed by atoms with Crippen LogP contribution < -0.4 is 0 Å². The van der Waals surface area contributed by atoms with Crippen LogP contribution in [-0.4, -0.2) is 49.1 Å². The number of esters is 1. The predicted octanol–water partition coefficient (Wildman–Crippen LogP) is 3.20. The summed E-state index contributed by atoms with van der Waals surface area (Å²) in [6, 6.07) is -1.34. The maximum atomic E-state index is 12.9. The molecule has 2 atom stereocenters. The molecule has 0 rings (SSSR count). The van der Waals surface area contributed by atoms with Crippen LogP contribution in [0.1, 0.15) is 41.0 Å². The number of amides is 1. The monoisotopic (exact) mass is 326 g/mol. The third kappa shape index (κ3) is 7.04. The molecule has 0 aromatic carbocycles. The lowest BCUT2D eigenvalue weighted by Gasteiger charge is -2.37. The highest BCUT2D eigenvalue weighted by atomic mass is 19.4. The standard InChI is InChI=1S/C13H24BF3NO4/c1-7-9(2)10(11(19)21-6)18(8-14(15,16)17)12(20)22-13(3,4)5/h9-10H,7-8H2,1-6H3/q-1/t9-,10-/m0/s1. The molecule has 0 bridgehead atoms. The van der Waals surface area contributed by atoms with Gasteiger partial charge in [-0.15, -0.1) is 0 Å². The molecule has 130 valence electrons. The van der Waals surface area contributed by atoms with Crippen LogP contribution in [0.15, 0.2) is 0 Å². The topological polar surface area (TPSA) is 55.8 Å². The van der Waals surface area contributed by atoms with Gasteiger partial charge >= 0.3 is 19.0 Å². The molecular formula is C13H24BF3NO4-. The fourth-order valence-corrected chi connectivity index (χ4v) is 1.86. The number of methoxy groups -OCH3 is 1. The molecule has 5 nitrogen and oxygen atoms in total. The van der Waals surface area contributed by atoms with Crippen LogP contribution in [0.2, 0.25) is 0 Å². The van der Waals surface area contributed by atoms with E-state index in [1.165, 1.54) is 20.8 Å². The second-order valence-corrected chi connectivity index (χ2v) is 6.20. The van der Waals surface area contributed by atoms with E-state index >= 15 is 0 Å². The van der Waals surface area contributed by atoms with Crippen LogP contribution in [-0.2, 0) is 14.3 Å². The van der Waals surface area contributed by atoms with Gasteiger partial charge in [0.05, 0.1) is 7.11 Å². The number of rotatable bonds is 6. The number of halogens is 3. The van der Waals surface area contributed by atoms with Crippen LogP contribution in [0.4, 0.5) is 17.7 Å². The van der Waals surface area contributed by atoms with Crippen molar-refractivity contribution in [2.75, 3.05) is 13.6 Å². The first-order valence-corrected chi connectivity index (χ1v) is 7.10. The Morgan fingerprint density at radius 3 is 2.05 bits per heavy atom. The van der Waals surface area contributed by atoms with E-state index in [0.717, 1.165) is 7.11 Å². The molecule has 0 aliphatic heterocycles. The summed E-state index contributed by atoms with van der Waals surface area (Å²) in [4.78, 5) is 24.4. The van der Waals surface area contributed by atoms with Gasteiger partial charge in [0, 0.05) is 0 Å². The lowest BCUT2D eigenvalue weighted by molar-refractivity contribution is -0.148. The number of carbonyl (C=O) groups excluding carboxylic acids is 2. The highest BCUT2D eigenvalue weighted by Gasteiger charge is 2.41. The molecule has 0 fully saturated rings. The highest BCUT2D eigenvalue weighted by molar-refractivity contribution is 6.58. The average Bonchev–Trinajstić information content (AvgIpc) is 2.33. The molecule has 0 unspecified atom stereocenters. The summed E-state index contributed by atoms with van der Waals surface area (Å²) in [5.41, 5.74) is -0.968. The smallest absolute Gasteiger partial charge is 0.467 e. The Labute approximate surface area is 129 Å². The van der Waals surface area contributed by atoms with Crippen LogP contribution in [0.3, 0.4) is 0 Å². The van der Waals surface area contributed by atoms with Gasteiger partial charge in [-0.05, 0) is 33.1 Å². The molecule has 1 amide bonds. The van der Waals surface area contributed by atoms with Crippen molar-refractivity contribution in [2.45, 2.75) is 52.7 Å². The Bertz CT molecular complexity index is 396. The summed E-state index contributed by atoms with van der Waals surface area (Å²) in [6.45, 7) is 2.60. The zero-order valence-electron chi connectivity index (χ0n) is 13.9. The summed E-state index contributed by atoms with van der Waals surface area (Å²) >= 11 is 0. The van der Waals surface area contributed by atoms with Gasteiger partial charge in [0.25, 0.3) is 0 Å². The number of carbonyl (C=O) groups is 2. The molecule has 0 spiro atoms. The summed E-state index contributed by atoms with van der Waals surface area (Å²) in [7, 11) is 1.07. The van der Waals surface area contributed by atoms with Gasteiger partial charge in [0.1, 0.15) is 11.6 Å². The third-order valence-corrected chi connectivity index (χ3v) is 2.99. The molecule has 0 radical (unpaired) electrons. The molecule has 0 N–H and O–H groups in total. The molecule has 0 aliphatic carbocycles. The Hall–Kier alpha value is -1.41. The summed E-state index contributed by atoms with van der Waals surface area (Å²) in [5.74, 6) is -1.39. The Morgan fingerprint density at radius 2 is 1.73 bits per heavy atom. The minimum Gasteiger partial charge on any atom is -0.467 e. The van der Waals surface area contributed by atoms with Crippen LogP contribution >= 0.6 is 0 Å². The Balaban J connectivity index is 5.59. The number of ether oxygens (including phenoxy) is 2. The van der Waals surface area contributed by atoms with E-state index in [9.17, 15) is 22.5 Å². The summed E-state index contributed by atoms with van der Waals surface area (Å²) < 4.78 is 48.1. The van der Waals surface area contributed by atoms with Gasteiger partial charge in [-0.25, -0.2) is 9.59 Å². The maximum Gasteiger partial charge on any atom is 0.497 e. The van der Waals surface area contributed by atoms with Gasteiger partial charge in [-0.1, -0.05) is 20.3 Å². The lowest BCUT2D eigenvalue weighted by Crippen LogP contribution is -2.54. The van der Waals surface area contributed by atoms with Crippen LogP contribution in [0.25, 0.3) is 0 Å². The van der Waals surface area contributed by atoms with Crippen molar-refractivity contribution in [2.24, 2.45) is 5.92 Å². The number of hydrogen-bond acceptors (Lipinski definition) is 4. The zero-order valence-corrected chi connectivity index (χ0v) is 13.9.